The van der Waals surface area contributed by atoms with Crippen LogP contribution in [0.25, 0.3) is 0 Å². The minimum Gasteiger partial charge on any atom is -0.467 e. The molecular weight excluding hydrogens is 172 g/mol. The van der Waals surface area contributed by atoms with Gasteiger partial charge in [0.1, 0.15) is 6.61 Å². The predicted octanol–water partition coefficient (Wildman–Crippen LogP) is 0.479. The standard InChI is InChI=1S/C9H16O4/c1-12-9(11)6-13-8-4-2-7(10)3-5-8/h7-8,10H,2-6H2,1H3. The topological polar surface area (TPSA) is 55.8 Å². The lowest BCUT2D eigenvalue weighted by Gasteiger charge is -2.24. The largest absolute Gasteiger partial charge is 0.467 e. The number of hydrogen-bond donors (Lipinski definition) is 1. The van der Waals surface area contributed by atoms with E-state index in [2.05, 4.69) is 4.74 Å². The van der Waals surface area contributed by atoms with Gasteiger partial charge in [-0.05, 0) is 25.7 Å². The second-order valence-corrected chi connectivity index (χ2v) is 3.32. The van der Waals surface area contributed by atoms with E-state index in [9.17, 15) is 9.90 Å². The first-order valence-corrected chi connectivity index (χ1v) is 4.59. The molecule has 1 aliphatic carbocycles. The average molecular weight is 188 g/mol. The van der Waals surface area contributed by atoms with Crippen LogP contribution in [0.4, 0.5) is 0 Å². The summed E-state index contributed by atoms with van der Waals surface area (Å²) in [6.45, 7) is 0.0251. The van der Waals surface area contributed by atoms with Crippen molar-refractivity contribution >= 4 is 5.97 Å². The monoisotopic (exact) mass is 188 g/mol. The zero-order valence-corrected chi connectivity index (χ0v) is 7.86. The van der Waals surface area contributed by atoms with Crippen LogP contribution in [0.3, 0.4) is 0 Å². The molecule has 76 valence electrons. The Bertz CT molecular complexity index is 161. The van der Waals surface area contributed by atoms with Gasteiger partial charge in [0.25, 0.3) is 0 Å². The van der Waals surface area contributed by atoms with E-state index in [0.717, 1.165) is 25.7 Å². The van der Waals surface area contributed by atoms with Gasteiger partial charge in [0.15, 0.2) is 0 Å². The third-order valence-electron chi connectivity index (χ3n) is 2.31. The van der Waals surface area contributed by atoms with E-state index in [4.69, 9.17) is 4.74 Å². The maximum absolute atomic E-state index is 10.7. The van der Waals surface area contributed by atoms with Crippen LogP contribution in [-0.2, 0) is 14.3 Å². The average Bonchev–Trinajstić information content (AvgIpc) is 2.16. The smallest absolute Gasteiger partial charge is 0.331 e. The molecule has 0 aliphatic heterocycles. The third-order valence-corrected chi connectivity index (χ3v) is 2.31. The molecule has 13 heavy (non-hydrogen) atoms. The van der Waals surface area contributed by atoms with Crippen LogP contribution in [0.5, 0.6) is 0 Å². The first kappa shape index (κ1) is 10.5. The minimum atomic E-state index is -0.342. The molecule has 0 aromatic heterocycles. The molecule has 0 unspecified atom stereocenters. The van der Waals surface area contributed by atoms with Crippen LogP contribution in [0.1, 0.15) is 25.7 Å². The third kappa shape index (κ3) is 3.74. The van der Waals surface area contributed by atoms with Crippen molar-refractivity contribution in [3.8, 4) is 0 Å². The fourth-order valence-electron chi connectivity index (χ4n) is 1.46. The second-order valence-electron chi connectivity index (χ2n) is 3.32. The van der Waals surface area contributed by atoms with E-state index in [1.54, 1.807) is 0 Å². The summed E-state index contributed by atoms with van der Waals surface area (Å²) in [4.78, 5) is 10.7. The molecule has 0 spiro atoms. The highest BCUT2D eigenvalue weighted by atomic mass is 16.6. The number of ether oxygens (including phenoxy) is 2. The number of aliphatic hydroxyl groups excluding tert-OH is 1. The molecule has 1 saturated carbocycles. The Hall–Kier alpha value is -0.610. The van der Waals surface area contributed by atoms with Crippen molar-refractivity contribution in [3.63, 3.8) is 0 Å². The number of rotatable bonds is 3. The number of methoxy groups -OCH3 is 1. The highest BCUT2D eigenvalue weighted by molar-refractivity contribution is 5.70. The number of hydrogen-bond acceptors (Lipinski definition) is 4. The lowest BCUT2D eigenvalue weighted by Crippen LogP contribution is -2.26. The van der Waals surface area contributed by atoms with Crippen molar-refractivity contribution in [1.29, 1.82) is 0 Å². The first-order valence-electron chi connectivity index (χ1n) is 4.59. The highest BCUT2D eigenvalue weighted by Gasteiger charge is 2.20. The lowest BCUT2D eigenvalue weighted by molar-refractivity contribution is -0.149. The Kier molecular flexibility index (Phi) is 4.18. The SMILES string of the molecule is COC(=O)COC1CCC(O)CC1. The van der Waals surface area contributed by atoms with Gasteiger partial charge >= 0.3 is 5.97 Å². The molecule has 0 radical (unpaired) electrons. The summed E-state index contributed by atoms with van der Waals surface area (Å²) in [7, 11) is 1.34. The van der Waals surface area contributed by atoms with Crippen molar-refractivity contribution < 1.29 is 19.4 Å². The van der Waals surface area contributed by atoms with Gasteiger partial charge in [-0.25, -0.2) is 4.79 Å². The molecule has 0 bridgehead atoms. The highest BCUT2D eigenvalue weighted by Crippen LogP contribution is 2.20. The summed E-state index contributed by atoms with van der Waals surface area (Å²) in [5.41, 5.74) is 0. The molecule has 1 aliphatic rings. The van der Waals surface area contributed by atoms with Crippen molar-refractivity contribution in [2.24, 2.45) is 0 Å². The van der Waals surface area contributed by atoms with Crippen molar-refractivity contribution in [3.05, 3.63) is 0 Å². The van der Waals surface area contributed by atoms with Gasteiger partial charge in [0.2, 0.25) is 0 Å². The zero-order chi connectivity index (χ0) is 9.68. The Morgan fingerprint density at radius 2 is 2.00 bits per heavy atom. The second kappa shape index (κ2) is 5.19. The van der Waals surface area contributed by atoms with Crippen LogP contribution in [-0.4, -0.2) is 37.0 Å². The summed E-state index contributed by atoms with van der Waals surface area (Å²) in [5.74, 6) is -0.342. The lowest BCUT2D eigenvalue weighted by atomic mass is 9.95. The number of carbonyl (C=O) groups is 1. The molecule has 1 N–H and O–H groups in total. The van der Waals surface area contributed by atoms with Crippen LogP contribution >= 0.6 is 0 Å². The quantitative estimate of drug-likeness (QED) is 0.654. The molecule has 4 heteroatoms. The maximum atomic E-state index is 10.7. The number of esters is 1. The molecule has 0 atom stereocenters. The molecule has 0 aromatic rings. The van der Waals surface area contributed by atoms with Crippen LogP contribution in [0.15, 0.2) is 0 Å². The van der Waals surface area contributed by atoms with Gasteiger partial charge in [-0.15, -0.1) is 0 Å². The van der Waals surface area contributed by atoms with Crippen LogP contribution < -0.4 is 0 Å². The van der Waals surface area contributed by atoms with Crippen molar-refractivity contribution in [2.45, 2.75) is 37.9 Å². The van der Waals surface area contributed by atoms with Crippen LogP contribution in [0, 0.1) is 0 Å². The molecule has 0 heterocycles. The van der Waals surface area contributed by atoms with Gasteiger partial charge in [-0.3, -0.25) is 0 Å². The minimum absolute atomic E-state index is 0.0251. The molecule has 1 fully saturated rings. The fraction of sp³-hybridized carbons (Fsp3) is 0.889. The van der Waals surface area contributed by atoms with Gasteiger partial charge in [0.05, 0.1) is 19.3 Å². The summed E-state index contributed by atoms with van der Waals surface area (Å²) >= 11 is 0. The van der Waals surface area contributed by atoms with E-state index >= 15 is 0 Å². The Morgan fingerprint density at radius 1 is 1.38 bits per heavy atom. The van der Waals surface area contributed by atoms with E-state index in [-0.39, 0.29) is 24.8 Å². The van der Waals surface area contributed by atoms with E-state index in [0.29, 0.717) is 0 Å². The molecule has 0 saturated heterocycles. The van der Waals surface area contributed by atoms with Gasteiger partial charge in [-0.1, -0.05) is 0 Å². The summed E-state index contributed by atoms with van der Waals surface area (Å²) in [6.07, 6.45) is 3.13. The van der Waals surface area contributed by atoms with Gasteiger partial charge in [0, 0.05) is 0 Å². The Balaban J connectivity index is 2.12. The van der Waals surface area contributed by atoms with Gasteiger partial charge in [-0.2, -0.15) is 0 Å². The summed E-state index contributed by atoms with van der Waals surface area (Å²) in [6, 6.07) is 0. The predicted molar refractivity (Wildman–Crippen MR) is 46.2 cm³/mol. The van der Waals surface area contributed by atoms with E-state index in [1.165, 1.54) is 7.11 Å². The van der Waals surface area contributed by atoms with E-state index in [1.807, 2.05) is 0 Å². The number of aliphatic hydroxyl groups is 1. The zero-order valence-electron chi connectivity index (χ0n) is 7.86. The summed E-state index contributed by atoms with van der Waals surface area (Å²) in [5, 5.41) is 9.20. The first-order chi connectivity index (χ1) is 6.22. The normalized spacial score (nSPS) is 28.5. The molecule has 4 nitrogen and oxygen atoms in total. The molecule has 0 aromatic carbocycles. The van der Waals surface area contributed by atoms with Crippen molar-refractivity contribution in [2.75, 3.05) is 13.7 Å². The maximum Gasteiger partial charge on any atom is 0.331 e. The number of carbonyl (C=O) groups excluding carboxylic acids is 1. The van der Waals surface area contributed by atoms with Crippen LogP contribution in [0.2, 0.25) is 0 Å². The fourth-order valence-corrected chi connectivity index (χ4v) is 1.46. The van der Waals surface area contributed by atoms with E-state index < -0.39 is 0 Å². The van der Waals surface area contributed by atoms with Crippen molar-refractivity contribution in [1.82, 2.24) is 0 Å². The molecule has 1 rings (SSSR count). The Morgan fingerprint density at radius 3 is 2.54 bits per heavy atom. The molecular formula is C9H16O4. The van der Waals surface area contributed by atoms with Gasteiger partial charge < -0.3 is 14.6 Å². The summed E-state index contributed by atoms with van der Waals surface area (Å²) < 4.78 is 9.75. The molecule has 0 amide bonds. The Labute approximate surface area is 77.8 Å².